The van der Waals surface area contributed by atoms with Gasteiger partial charge >= 0.3 is 0 Å². The van der Waals surface area contributed by atoms with Crippen LogP contribution in [0.3, 0.4) is 0 Å². The van der Waals surface area contributed by atoms with Crippen LogP contribution < -0.4 is 15.2 Å². The van der Waals surface area contributed by atoms with Crippen LogP contribution in [0.5, 0.6) is 11.5 Å². The Morgan fingerprint density at radius 2 is 1.82 bits per heavy atom. The summed E-state index contributed by atoms with van der Waals surface area (Å²) in [5, 5.41) is 0. The molecule has 1 aliphatic heterocycles. The number of hydrogen-bond acceptors (Lipinski definition) is 3. The van der Waals surface area contributed by atoms with Crippen LogP contribution in [0.25, 0.3) is 0 Å². The molecule has 92 valence electrons. The van der Waals surface area contributed by atoms with Gasteiger partial charge in [0.1, 0.15) is 13.2 Å². The molecule has 1 heterocycles. The van der Waals surface area contributed by atoms with E-state index in [9.17, 15) is 0 Å². The predicted octanol–water partition coefficient (Wildman–Crippen LogP) is 2.49. The van der Waals surface area contributed by atoms with E-state index in [1.807, 2.05) is 6.07 Å². The number of ether oxygens (including phenoxy) is 2. The first-order valence-electron chi connectivity index (χ1n) is 6.39. The zero-order valence-electron chi connectivity index (χ0n) is 10.3. The van der Waals surface area contributed by atoms with Crippen LogP contribution in [0.1, 0.15) is 36.8 Å². The maximum Gasteiger partial charge on any atom is 0.164 e. The molecule has 2 N–H and O–H groups in total. The van der Waals surface area contributed by atoms with Crippen molar-refractivity contribution in [3.8, 4) is 11.5 Å². The highest BCUT2D eigenvalue weighted by atomic mass is 16.6. The second kappa shape index (κ2) is 3.91. The Balaban J connectivity index is 2.06. The topological polar surface area (TPSA) is 44.5 Å². The SMILES string of the molecule is Cc1c(C2(N)CCCC2)ccc2c1OCCO2. The van der Waals surface area contributed by atoms with Crippen LogP contribution in [0.4, 0.5) is 0 Å². The molecular weight excluding hydrogens is 214 g/mol. The fourth-order valence-electron chi connectivity index (χ4n) is 3.07. The molecule has 0 radical (unpaired) electrons. The van der Waals surface area contributed by atoms with Gasteiger partial charge in [0, 0.05) is 5.54 Å². The lowest BCUT2D eigenvalue weighted by atomic mass is 9.86. The van der Waals surface area contributed by atoms with Gasteiger partial charge in [-0.05, 0) is 37.0 Å². The van der Waals surface area contributed by atoms with Crippen LogP contribution in [0.2, 0.25) is 0 Å². The van der Waals surface area contributed by atoms with Crippen molar-refractivity contribution in [1.29, 1.82) is 0 Å². The fraction of sp³-hybridized carbons (Fsp3) is 0.571. The Morgan fingerprint density at radius 3 is 2.59 bits per heavy atom. The van der Waals surface area contributed by atoms with Crippen molar-refractivity contribution < 1.29 is 9.47 Å². The van der Waals surface area contributed by atoms with Gasteiger partial charge < -0.3 is 15.2 Å². The van der Waals surface area contributed by atoms with Crippen molar-refractivity contribution in [2.75, 3.05) is 13.2 Å². The summed E-state index contributed by atoms with van der Waals surface area (Å²) in [4.78, 5) is 0. The summed E-state index contributed by atoms with van der Waals surface area (Å²) >= 11 is 0. The molecule has 0 atom stereocenters. The first-order valence-corrected chi connectivity index (χ1v) is 6.39. The lowest BCUT2D eigenvalue weighted by Crippen LogP contribution is -2.34. The molecule has 17 heavy (non-hydrogen) atoms. The molecule has 1 aromatic carbocycles. The average Bonchev–Trinajstić information content (AvgIpc) is 2.78. The zero-order valence-corrected chi connectivity index (χ0v) is 10.3. The minimum absolute atomic E-state index is 0.153. The maximum atomic E-state index is 6.52. The van der Waals surface area contributed by atoms with Crippen LogP contribution in [0, 0.1) is 6.92 Å². The molecule has 0 bridgehead atoms. The standard InChI is InChI=1S/C14H19NO2/c1-10-11(14(15)6-2-3-7-14)4-5-12-13(10)17-9-8-16-12/h4-5H,2-3,6-9,15H2,1H3. The van der Waals surface area contributed by atoms with Gasteiger partial charge in [-0.3, -0.25) is 0 Å². The van der Waals surface area contributed by atoms with Crippen molar-refractivity contribution >= 4 is 0 Å². The van der Waals surface area contributed by atoms with Crippen LogP contribution in [-0.4, -0.2) is 13.2 Å². The van der Waals surface area contributed by atoms with Crippen molar-refractivity contribution in [2.45, 2.75) is 38.1 Å². The quantitative estimate of drug-likeness (QED) is 0.810. The molecule has 0 unspecified atom stereocenters. The maximum absolute atomic E-state index is 6.52. The van der Waals surface area contributed by atoms with Crippen molar-refractivity contribution in [1.82, 2.24) is 0 Å². The number of hydrogen-bond donors (Lipinski definition) is 1. The van der Waals surface area contributed by atoms with Gasteiger partial charge in [-0.25, -0.2) is 0 Å². The highest BCUT2D eigenvalue weighted by Crippen LogP contribution is 2.43. The summed E-state index contributed by atoms with van der Waals surface area (Å²) in [6.07, 6.45) is 4.61. The summed E-state index contributed by atoms with van der Waals surface area (Å²) in [6.45, 7) is 3.37. The number of rotatable bonds is 1. The molecule has 0 saturated heterocycles. The Bertz CT molecular complexity index is 436. The van der Waals surface area contributed by atoms with Crippen molar-refractivity contribution in [3.63, 3.8) is 0 Å². The summed E-state index contributed by atoms with van der Waals surface area (Å²) in [7, 11) is 0. The molecule has 1 saturated carbocycles. The molecule has 1 fully saturated rings. The van der Waals surface area contributed by atoms with E-state index in [1.165, 1.54) is 18.4 Å². The van der Waals surface area contributed by atoms with Gasteiger partial charge in [0.15, 0.2) is 11.5 Å². The van der Waals surface area contributed by atoms with Crippen molar-refractivity contribution in [3.05, 3.63) is 23.3 Å². The van der Waals surface area contributed by atoms with E-state index >= 15 is 0 Å². The first-order chi connectivity index (χ1) is 8.21. The second-order valence-corrected chi connectivity index (χ2v) is 5.13. The minimum Gasteiger partial charge on any atom is -0.486 e. The van der Waals surface area contributed by atoms with E-state index in [0.717, 1.165) is 29.9 Å². The molecular formula is C14H19NO2. The summed E-state index contributed by atoms with van der Waals surface area (Å²) in [5.41, 5.74) is 8.76. The van der Waals surface area contributed by atoms with Crippen LogP contribution in [0.15, 0.2) is 12.1 Å². The summed E-state index contributed by atoms with van der Waals surface area (Å²) < 4.78 is 11.3. The number of fused-ring (bicyclic) bond motifs is 1. The fourth-order valence-corrected chi connectivity index (χ4v) is 3.07. The molecule has 3 rings (SSSR count). The van der Waals surface area contributed by atoms with Gasteiger partial charge in [-0.2, -0.15) is 0 Å². The zero-order chi connectivity index (χ0) is 11.9. The Kier molecular flexibility index (Phi) is 2.51. The largest absolute Gasteiger partial charge is 0.486 e. The third kappa shape index (κ3) is 1.69. The highest BCUT2D eigenvalue weighted by molar-refractivity contribution is 5.53. The van der Waals surface area contributed by atoms with Crippen LogP contribution >= 0.6 is 0 Å². The van der Waals surface area contributed by atoms with E-state index in [-0.39, 0.29) is 5.54 Å². The Labute approximate surface area is 102 Å². The molecule has 0 aromatic heterocycles. The molecule has 0 spiro atoms. The van der Waals surface area contributed by atoms with Crippen molar-refractivity contribution in [2.24, 2.45) is 5.73 Å². The van der Waals surface area contributed by atoms with Gasteiger partial charge in [0.2, 0.25) is 0 Å². The van der Waals surface area contributed by atoms with E-state index < -0.39 is 0 Å². The van der Waals surface area contributed by atoms with Gasteiger partial charge in [0.25, 0.3) is 0 Å². The highest BCUT2D eigenvalue weighted by Gasteiger charge is 2.34. The molecule has 3 heteroatoms. The monoisotopic (exact) mass is 233 g/mol. The molecule has 0 amide bonds. The van der Waals surface area contributed by atoms with Gasteiger partial charge in [-0.1, -0.05) is 18.9 Å². The second-order valence-electron chi connectivity index (χ2n) is 5.13. The third-order valence-electron chi connectivity index (χ3n) is 3.99. The minimum atomic E-state index is -0.153. The predicted molar refractivity (Wildman–Crippen MR) is 66.5 cm³/mol. The lowest BCUT2D eigenvalue weighted by Gasteiger charge is -2.29. The summed E-state index contributed by atoms with van der Waals surface area (Å²) in [5.74, 6) is 1.75. The molecule has 3 nitrogen and oxygen atoms in total. The number of benzene rings is 1. The van der Waals surface area contributed by atoms with E-state index in [1.54, 1.807) is 0 Å². The van der Waals surface area contributed by atoms with E-state index in [0.29, 0.717) is 13.2 Å². The molecule has 2 aliphatic rings. The Hall–Kier alpha value is -1.22. The van der Waals surface area contributed by atoms with Gasteiger partial charge in [-0.15, -0.1) is 0 Å². The third-order valence-corrected chi connectivity index (χ3v) is 3.99. The lowest BCUT2D eigenvalue weighted by molar-refractivity contribution is 0.170. The van der Waals surface area contributed by atoms with E-state index in [2.05, 4.69) is 13.0 Å². The van der Waals surface area contributed by atoms with Crippen LogP contribution in [-0.2, 0) is 5.54 Å². The van der Waals surface area contributed by atoms with E-state index in [4.69, 9.17) is 15.2 Å². The summed E-state index contributed by atoms with van der Waals surface area (Å²) in [6, 6.07) is 4.12. The smallest absolute Gasteiger partial charge is 0.164 e. The normalized spacial score (nSPS) is 21.5. The molecule has 1 aliphatic carbocycles. The number of nitrogens with two attached hydrogens (primary N) is 1. The molecule has 1 aromatic rings. The average molecular weight is 233 g/mol. The Morgan fingerprint density at radius 1 is 1.12 bits per heavy atom. The van der Waals surface area contributed by atoms with Gasteiger partial charge in [0.05, 0.1) is 0 Å². The first kappa shape index (κ1) is 10.9.